The van der Waals surface area contributed by atoms with Crippen molar-refractivity contribution in [1.82, 2.24) is 0 Å². The average molecular weight is 520 g/mol. The van der Waals surface area contributed by atoms with E-state index >= 15 is 0 Å². The van der Waals surface area contributed by atoms with E-state index in [1.165, 1.54) is 0 Å². The highest BCUT2D eigenvalue weighted by atomic mass is 16.6. The molecule has 3 aliphatic rings. The third-order valence-electron chi connectivity index (χ3n) is 7.60. The number of carbonyl (C=O) groups excluding carboxylic acids is 1. The minimum Gasteiger partial charge on any atom is -0.491 e. The lowest BCUT2D eigenvalue weighted by atomic mass is 9.76. The summed E-state index contributed by atoms with van der Waals surface area (Å²) in [5, 5.41) is 0. The first-order valence-corrected chi connectivity index (χ1v) is 13.3. The van der Waals surface area contributed by atoms with Crippen molar-refractivity contribution in [3.05, 3.63) is 125 Å². The molecule has 4 aromatic rings. The minimum atomic E-state index is -0.890. The lowest BCUT2D eigenvalue weighted by Crippen LogP contribution is -2.46. The molecule has 0 bridgehead atoms. The molecule has 0 saturated carbocycles. The van der Waals surface area contributed by atoms with Gasteiger partial charge in [0.05, 0.1) is 13.2 Å². The molecule has 2 fully saturated rings. The first-order valence-electron chi connectivity index (χ1n) is 13.3. The van der Waals surface area contributed by atoms with Gasteiger partial charge in [0, 0.05) is 11.3 Å². The Morgan fingerprint density at radius 1 is 0.744 bits per heavy atom. The quantitative estimate of drug-likeness (QED) is 0.273. The van der Waals surface area contributed by atoms with Crippen molar-refractivity contribution in [2.45, 2.75) is 24.7 Å². The number of aryl methyl sites for hydroxylation is 1. The van der Waals surface area contributed by atoms with Crippen LogP contribution in [0.25, 0.3) is 0 Å². The van der Waals surface area contributed by atoms with Crippen LogP contribution in [0.3, 0.4) is 0 Å². The summed E-state index contributed by atoms with van der Waals surface area (Å²) in [6.07, 6.45) is 0.360. The summed E-state index contributed by atoms with van der Waals surface area (Å²) < 4.78 is 22.4. The number of hydrogen-bond donors (Lipinski definition) is 0. The largest absolute Gasteiger partial charge is 0.491 e. The van der Waals surface area contributed by atoms with Crippen LogP contribution in [0.4, 0.5) is 5.69 Å². The maximum atomic E-state index is 14.2. The number of amides is 1. The molecule has 2 saturated heterocycles. The summed E-state index contributed by atoms with van der Waals surface area (Å²) in [5.41, 5.74) is 4.65. The molecule has 39 heavy (non-hydrogen) atoms. The molecule has 2 atom stereocenters. The zero-order valence-electron chi connectivity index (χ0n) is 21.7. The van der Waals surface area contributed by atoms with Gasteiger partial charge in [-0.3, -0.25) is 9.69 Å². The highest BCUT2D eigenvalue weighted by molar-refractivity contribution is 6.13. The van der Waals surface area contributed by atoms with Crippen molar-refractivity contribution < 1.29 is 23.7 Å². The number of carbonyl (C=O) groups is 1. The molecule has 2 unspecified atom stereocenters. The highest BCUT2D eigenvalue weighted by Gasteiger charge is 2.52. The van der Waals surface area contributed by atoms with E-state index in [1.807, 2.05) is 78.6 Å². The van der Waals surface area contributed by atoms with Crippen molar-refractivity contribution in [3.63, 3.8) is 0 Å². The number of rotatable bonds is 9. The maximum absolute atomic E-state index is 14.2. The van der Waals surface area contributed by atoms with E-state index in [0.29, 0.717) is 18.8 Å². The molecule has 0 radical (unpaired) electrons. The Morgan fingerprint density at radius 2 is 1.26 bits per heavy atom. The Bertz CT molecular complexity index is 1430. The second-order valence-corrected chi connectivity index (χ2v) is 10.3. The van der Waals surface area contributed by atoms with Crippen molar-refractivity contribution in [1.29, 1.82) is 0 Å². The van der Waals surface area contributed by atoms with Crippen LogP contribution in [-0.2, 0) is 15.0 Å². The van der Waals surface area contributed by atoms with E-state index in [0.717, 1.165) is 52.7 Å². The first-order chi connectivity index (χ1) is 19.1. The zero-order valence-corrected chi connectivity index (χ0v) is 21.7. The molecule has 3 heterocycles. The SMILES string of the molecule is Cc1ccc(N2C(=O)c3ccccc3C2(c2ccc(OCC3CO3)cc2)c2ccc(OCC3CO3)cc2)cc1. The average Bonchev–Trinajstić information content (AvgIpc) is 3.91. The summed E-state index contributed by atoms with van der Waals surface area (Å²) >= 11 is 0. The van der Waals surface area contributed by atoms with Crippen LogP contribution in [0.1, 0.15) is 32.6 Å². The second kappa shape index (κ2) is 9.56. The highest BCUT2D eigenvalue weighted by Crippen LogP contribution is 2.51. The van der Waals surface area contributed by atoms with Crippen LogP contribution >= 0.6 is 0 Å². The Hall–Kier alpha value is -4.13. The lowest BCUT2D eigenvalue weighted by molar-refractivity contribution is 0.0986. The predicted molar refractivity (Wildman–Crippen MR) is 148 cm³/mol. The van der Waals surface area contributed by atoms with Gasteiger partial charge in [-0.15, -0.1) is 0 Å². The van der Waals surface area contributed by atoms with Crippen molar-refractivity contribution in [3.8, 4) is 11.5 Å². The molecular weight excluding hydrogens is 490 g/mol. The van der Waals surface area contributed by atoms with Crippen LogP contribution < -0.4 is 14.4 Å². The molecule has 6 nitrogen and oxygen atoms in total. The standard InChI is InChI=1S/C33H29NO5/c1-22-6-12-25(13-7-22)34-32(35)30-4-2-3-5-31(30)33(34,23-8-14-26(15-9-23)36-18-28-20-38-28)24-10-16-27(17-11-24)37-19-29-21-39-29/h2-17,28-29H,18-21H2,1H3. The summed E-state index contributed by atoms with van der Waals surface area (Å²) in [4.78, 5) is 16.1. The molecule has 196 valence electrons. The number of nitrogens with zero attached hydrogens (tertiary/aromatic N) is 1. The topological polar surface area (TPSA) is 63.8 Å². The van der Waals surface area contributed by atoms with Gasteiger partial charge in [0.15, 0.2) is 0 Å². The normalized spacial score (nSPS) is 22.9. The van der Waals surface area contributed by atoms with Crippen LogP contribution in [0.2, 0.25) is 0 Å². The number of benzene rings is 4. The number of anilines is 1. The monoisotopic (exact) mass is 519 g/mol. The van der Waals surface area contributed by atoms with Crippen molar-refractivity contribution in [2.24, 2.45) is 0 Å². The number of fused-ring (bicyclic) bond motifs is 1. The van der Waals surface area contributed by atoms with Gasteiger partial charge in [0.2, 0.25) is 0 Å². The third kappa shape index (κ3) is 4.36. The van der Waals surface area contributed by atoms with Crippen molar-refractivity contribution >= 4 is 11.6 Å². The Kier molecular flexibility index (Phi) is 5.87. The lowest BCUT2D eigenvalue weighted by Gasteiger charge is -2.40. The molecule has 0 aliphatic carbocycles. The molecular formula is C33H29NO5. The number of epoxide rings is 2. The van der Waals surface area contributed by atoms with Gasteiger partial charge < -0.3 is 18.9 Å². The first kappa shape index (κ1) is 23.9. The third-order valence-corrected chi connectivity index (χ3v) is 7.60. The summed E-state index contributed by atoms with van der Waals surface area (Å²) in [6.45, 7) is 4.62. The van der Waals surface area contributed by atoms with Gasteiger partial charge in [-0.25, -0.2) is 0 Å². The molecule has 7 rings (SSSR count). The summed E-state index contributed by atoms with van der Waals surface area (Å²) in [5.74, 6) is 1.51. The molecule has 0 spiro atoms. The van der Waals surface area contributed by atoms with Crippen LogP contribution in [0.5, 0.6) is 11.5 Å². The number of hydrogen-bond acceptors (Lipinski definition) is 5. The minimum absolute atomic E-state index is 0.0353. The molecule has 1 amide bonds. The fourth-order valence-electron chi connectivity index (χ4n) is 5.41. The molecule has 0 N–H and O–H groups in total. The Morgan fingerprint density at radius 3 is 1.77 bits per heavy atom. The molecule has 0 aromatic heterocycles. The zero-order chi connectivity index (χ0) is 26.4. The van der Waals surface area contributed by atoms with Gasteiger partial charge in [-0.1, -0.05) is 60.2 Å². The van der Waals surface area contributed by atoms with Gasteiger partial charge >= 0.3 is 0 Å². The number of ether oxygens (including phenoxy) is 4. The smallest absolute Gasteiger partial charge is 0.260 e. The van der Waals surface area contributed by atoms with E-state index in [9.17, 15) is 4.79 Å². The Balaban J connectivity index is 1.38. The summed E-state index contributed by atoms with van der Waals surface area (Å²) in [6, 6.07) is 32.2. The van der Waals surface area contributed by atoms with E-state index in [-0.39, 0.29) is 18.1 Å². The van der Waals surface area contributed by atoms with Crippen LogP contribution in [-0.4, -0.2) is 44.5 Å². The second-order valence-electron chi connectivity index (χ2n) is 10.3. The Labute approximate surface area is 227 Å². The van der Waals surface area contributed by atoms with Gasteiger partial charge in [-0.2, -0.15) is 0 Å². The van der Waals surface area contributed by atoms with Gasteiger partial charge in [-0.05, 0) is 66.1 Å². The van der Waals surface area contributed by atoms with E-state index in [4.69, 9.17) is 18.9 Å². The van der Waals surface area contributed by atoms with Crippen LogP contribution in [0, 0.1) is 6.92 Å². The van der Waals surface area contributed by atoms with Crippen molar-refractivity contribution in [2.75, 3.05) is 31.3 Å². The van der Waals surface area contributed by atoms with E-state index in [2.05, 4.69) is 30.3 Å². The molecule has 3 aliphatic heterocycles. The fourth-order valence-corrected chi connectivity index (χ4v) is 5.41. The van der Waals surface area contributed by atoms with Gasteiger partial charge in [0.25, 0.3) is 5.91 Å². The van der Waals surface area contributed by atoms with E-state index in [1.54, 1.807) is 0 Å². The van der Waals surface area contributed by atoms with Crippen LogP contribution in [0.15, 0.2) is 97.1 Å². The predicted octanol–water partition coefficient (Wildman–Crippen LogP) is 5.50. The molecule has 6 heteroatoms. The fraction of sp³-hybridized carbons (Fsp3) is 0.242. The maximum Gasteiger partial charge on any atom is 0.260 e. The molecule has 4 aromatic carbocycles. The van der Waals surface area contributed by atoms with E-state index < -0.39 is 5.54 Å². The van der Waals surface area contributed by atoms with Gasteiger partial charge in [0.1, 0.15) is 42.5 Å². The summed E-state index contributed by atoms with van der Waals surface area (Å²) in [7, 11) is 0.